The van der Waals surface area contributed by atoms with E-state index in [9.17, 15) is 8.78 Å². The zero-order valence-corrected chi connectivity index (χ0v) is 11.0. The molecule has 5 nitrogen and oxygen atoms in total. The van der Waals surface area contributed by atoms with Gasteiger partial charge in [0.2, 0.25) is 17.2 Å². The van der Waals surface area contributed by atoms with Crippen molar-refractivity contribution < 1.29 is 8.78 Å². The average Bonchev–Trinajstić information content (AvgIpc) is 2.33. The van der Waals surface area contributed by atoms with Crippen molar-refractivity contribution in [3.05, 3.63) is 34.1 Å². The van der Waals surface area contributed by atoms with Crippen LogP contribution in [0.2, 0.25) is 10.3 Å². The SMILES string of the molecule is CNc1nc(Cl)nc(Nc2c(F)cc(F)cc2Cl)n1. The normalized spacial score (nSPS) is 10.4. The molecule has 19 heavy (non-hydrogen) atoms. The first-order valence-corrected chi connectivity index (χ1v) is 5.76. The molecule has 2 N–H and O–H groups in total. The molecule has 0 unspecified atom stereocenters. The maximum Gasteiger partial charge on any atom is 0.233 e. The van der Waals surface area contributed by atoms with Gasteiger partial charge in [0.05, 0.1) is 10.7 Å². The van der Waals surface area contributed by atoms with Crippen molar-refractivity contribution in [1.29, 1.82) is 0 Å². The van der Waals surface area contributed by atoms with Crippen molar-refractivity contribution in [2.75, 3.05) is 17.7 Å². The van der Waals surface area contributed by atoms with Gasteiger partial charge in [-0.2, -0.15) is 15.0 Å². The van der Waals surface area contributed by atoms with Crippen LogP contribution in [0, 0.1) is 11.6 Å². The summed E-state index contributed by atoms with van der Waals surface area (Å²) in [5.41, 5.74) is -0.146. The van der Waals surface area contributed by atoms with E-state index in [0.29, 0.717) is 6.07 Å². The first-order valence-electron chi connectivity index (χ1n) is 5.00. The Bertz CT molecular complexity index is 600. The van der Waals surface area contributed by atoms with E-state index in [1.54, 1.807) is 7.05 Å². The molecular weight excluding hydrogens is 299 g/mol. The second kappa shape index (κ2) is 5.50. The van der Waals surface area contributed by atoms with E-state index in [-0.39, 0.29) is 27.9 Å². The van der Waals surface area contributed by atoms with Crippen LogP contribution in [0.5, 0.6) is 0 Å². The Morgan fingerprint density at radius 3 is 2.37 bits per heavy atom. The lowest BCUT2D eigenvalue weighted by molar-refractivity contribution is 0.586. The predicted molar refractivity (Wildman–Crippen MR) is 69.0 cm³/mol. The fraction of sp³-hybridized carbons (Fsp3) is 0.100. The van der Waals surface area contributed by atoms with E-state index in [2.05, 4.69) is 25.6 Å². The highest BCUT2D eigenvalue weighted by Crippen LogP contribution is 2.28. The molecule has 0 aliphatic heterocycles. The third-order valence-electron chi connectivity index (χ3n) is 2.08. The Balaban J connectivity index is 2.39. The van der Waals surface area contributed by atoms with Gasteiger partial charge in [-0.25, -0.2) is 8.78 Å². The van der Waals surface area contributed by atoms with Crippen LogP contribution in [-0.2, 0) is 0 Å². The summed E-state index contributed by atoms with van der Waals surface area (Å²) in [5, 5.41) is 4.96. The molecule has 0 radical (unpaired) electrons. The molecule has 0 saturated heterocycles. The number of anilines is 3. The largest absolute Gasteiger partial charge is 0.357 e. The lowest BCUT2D eigenvalue weighted by Crippen LogP contribution is -2.05. The van der Waals surface area contributed by atoms with E-state index in [1.807, 2.05) is 0 Å². The van der Waals surface area contributed by atoms with Gasteiger partial charge in [-0.3, -0.25) is 0 Å². The summed E-state index contributed by atoms with van der Waals surface area (Å²) in [5.74, 6) is -1.47. The third kappa shape index (κ3) is 3.18. The fourth-order valence-electron chi connectivity index (χ4n) is 1.29. The molecule has 1 aromatic heterocycles. The molecule has 9 heteroatoms. The minimum Gasteiger partial charge on any atom is -0.357 e. The van der Waals surface area contributed by atoms with Crippen LogP contribution >= 0.6 is 23.2 Å². The average molecular weight is 306 g/mol. The van der Waals surface area contributed by atoms with Crippen LogP contribution in [0.1, 0.15) is 0 Å². The van der Waals surface area contributed by atoms with Crippen LogP contribution in [0.4, 0.5) is 26.4 Å². The zero-order valence-electron chi connectivity index (χ0n) is 9.51. The minimum absolute atomic E-state index is 0.0169. The van der Waals surface area contributed by atoms with E-state index < -0.39 is 11.6 Å². The topological polar surface area (TPSA) is 62.7 Å². The van der Waals surface area contributed by atoms with Crippen LogP contribution in [-0.4, -0.2) is 22.0 Å². The van der Waals surface area contributed by atoms with Crippen molar-refractivity contribution in [3.63, 3.8) is 0 Å². The van der Waals surface area contributed by atoms with Gasteiger partial charge in [-0.1, -0.05) is 11.6 Å². The molecule has 1 heterocycles. The second-order valence-corrected chi connectivity index (χ2v) is 4.12. The monoisotopic (exact) mass is 305 g/mol. The third-order valence-corrected chi connectivity index (χ3v) is 2.54. The predicted octanol–water partition coefficient (Wildman–Crippen LogP) is 3.24. The van der Waals surface area contributed by atoms with Gasteiger partial charge in [-0.05, 0) is 17.7 Å². The highest BCUT2D eigenvalue weighted by atomic mass is 35.5. The van der Waals surface area contributed by atoms with Crippen molar-refractivity contribution >= 4 is 40.8 Å². The summed E-state index contributed by atoms with van der Waals surface area (Å²) in [7, 11) is 1.58. The summed E-state index contributed by atoms with van der Waals surface area (Å²) in [6.07, 6.45) is 0. The maximum atomic E-state index is 13.6. The quantitative estimate of drug-likeness (QED) is 0.911. The first kappa shape index (κ1) is 13.7. The van der Waals surface area contributed by atoms with E-state index in [0.717, 1.165) is 6.07 Å². The van der Waals surface area contributed by atoms with Gasteiger partial charge in [0.25, 0.3) is 0 Å². The Morgan fingerprint density at radius 1 is 1.05 bits per heavy atom. The molecule has 100 valence electrons. The number of nitrogens with one attached hydrogen (secondary N) is 2. The summed E-state index contributed by atoms with van der Waals surface area (Å²) in [4.78, 5) is 11.4. The molecule has 2 rings (SSSR count). The summed E-state index contributed by atoms with van der Waals surface area (Å²) < 4.78 is 26.5. The number of nitrogens with zero attached hydrogens (tertiary/aromatic N) is 3. The molecule has 0 aliphatic carbocycles. The Labute approximate surface area is 117 Å². The maximum absolute atomic E-state index is 13.6. The first-order chi connectivity index (χ1) is 8.99. The fourth-order valence-corrected chi connectivity index (χ4v) is 1.69. The van der Waals surface area contributed by atoms with E-state index >= 15 is 0 Å². The van der Waals surface area contributed by atoms with Gasteiger partial charge in [0, 0.05) is 13.1 Å². The zero-order chi connectivity index (χ0) is 14.0. The molecule has 1 aromatic carbocycles. The number of rotatable bonds is 3. The molecule has 0 aliphatic rings. The highest BCUT2D eigenvalue weighted by molar-refractivity contribution is 6.33. The molecule has 0 fully saturated rings. The number of hydrogen-bond donors (Lipinski definition) is 2. The molecule has 2 aromatic rings. The molecular formula is C10H7Cl2F2N5. The molecule has 0 saturated carbocycles. The number of benzene rings is 1. The van der Waals surface area contributed by atoms with Gasteiger partial charge in [-0.15, -0.1) is 0 Å². The van der Waals surface area contributed by atoms with Crippen molar-refractivity contribution in [2.24, 2.45) is 0 Å². The smallest absolute Gasteiger partial charge is 0.233 e. The van der Waals surface area contributed by atoms with Crippen LogP contribution in [0.25, 0.3) is 0 Å². The number of aromatic nitrogens is 3. The molecule has 0 bridgehead atoms. The van der Waals surface area contributed by atoms with Crippen molar-refractivity contribution in [1.82, 2.24) is 15.0 Å². The van der Waals surface area contributed by atoms with Gasteiger partial charge >= 0.3 is 0 Å². The molecule has 0 atom stereocenters. The standard InChI is InChI=1S/C10H7Cl2F2N5/c1-15-9-17-8(12)18-10(19-9)16-7-5(11)2-4(13)3-6(7)14/h2-3H,1H3,(H2,15,16,17,18,19). The Morgan fingerprint density at radius 2 is 1.74 bits per heavy atom. The van der Waals surface area contributed by atoms with Crippen molar-refractivity contribution in [3.8, 4) is 0 Å². The number of hydrogen-bond acceptors (Lipinski definition) is 5. The van der Waals surface area contributed by atoms with E-state index in [4.69, 9.17) is 23.2 Å². The molecule has 0 spiro atoms. The van der Waals surface area contributed by atoms with Crippen molar-refractivity contribution in [2.45, 2.75) is 0 Å². The van der Waals surface area contributed by atoms with Gasteiger partial charge < -0.3 is 10.6 Å². The van der Waals surface area contributed by atoms with Crippen LogP contribution in [0.3, 0.4) is 0 Å². The second-order valence-electron chi connectivity index (χ2n) is 3.37. The Hall–Kier alpha value is -1.73. The molecule has 0 amide bonds. The number of halogens is 4. The minimum atomic E-state index is -0.868. The lowest BCUT2D eigenvalue weighted by Gasteiger charge is -2.09. The van der Waals surface area contributed by atoms with Gasteiger partial charge in [0.1, 0.15) is 5.82 Å². The Kier molecular flexibility index (Phi) is 3.96. The van der Waals surface area contributed by atoms with E-state index in [1.165, 1.54) is 0 Å². The summed E-state index contributed by atoms with van der Waals surface area (Å²) >= 11 is 11.4. The van der Waals surface area contributed by atoms with Crippen LogP contribution < -0.4 is 10.6 Å². The lowest BCUT2D eigenvalue weighted by atomic mass is 10.3. The van der Waals surface area contributed by atoms with Gasteiger partial charge in [0.15, 0.2) is 5.82 Å². The summed E-state index contributed by atoms with van der Waals surface area (Å²) in [6, 6.07) is 1.66. The van der Waals surface area contributed by atoms with Crippen LogP contribution in [0.15, 0.2) is 12.1 Å². The highest BCUT2D eigenvalue weighted by Gasteiger charge is 2.12. The summed E-state index contributed by atoms with van der Waals surface area (Å²) in [6.45, 7) is 0.